The SMILES string of the molecule is CCOC(=O)C(Cc1ccc(OCCN(C)C2c3ccc(CCc4ccccc4)cc3CCc3cc(Cc4ccccc4)ccc32)cc1)OC. The summed E-state index contributed by atoms with van der Waals surface area (Å²) < 4.78 is 16.8. The molecular formula is C45H49NO4. The predicted molar refractivity (Wildman–Crippen MR) is 201 cm³/mol. The number of hydrogen-bond donors (Lipinski definition) is 0. The van der Waals surface area contributed by atoms with Crippen LogP contribution in [0.1, 0.15) is 63.0 Å². The minimum Gasteiger partial charge on any atom is -0.492 e. The van der Waals surface area contributed by atoms with Crippen LogP contribution in [0.25, 0.3) is 0 Å². The third-order valence-corrected chi connectivity index (χ3v) is 9.80. The number of nitrogens with zero attached hydrogens (tertiary/aromatic N) is 1. The lowest BCUT2D eigenvalue weighted by Crippen LogP contribution is -2.30. The van der Waals surface area contributed by atoms with Crippen LogP contribution >= 0.6 is 0 Å². The number of methoxy groups -OCH3 is 1. The van der Waals surface area contributed by atoms with Crippen LogP contribution in [0.2, 0.25) is 0 Å². The van der Waals surface area contributed by atoms with Crippen molar-refractivity contribution < 1.29 is 19.0 Å². The Bertz CT molecular complexity index is 1820. The van der Waals surface area contributed by atoms with Crippen LogP contribution in [-0.4, -0.2) is 50.9 Å². The summed E-state index contributed by atoms with van der Waals surface area (Å²) in [6.45, 7) is 3.46. The van der Waals surface area contributed by atoms with E-state index in [9.17, 15) is 4.79 Å². The van der Waals surface area contributed by atoms with Crippen molar-refractivity contribution in [1.29, 1.82) is 0 Å². The van der Waals surface area contributed by atoms with Crippen LogP contribution in [0.4, 0.5) is 0 Å². The Hall–Kier alpha value is -4.71. The Morgan fingerprint density at radius 2 is 1.30 bits per heavy atom. The molecule has 0 saturated heterocycles. The van der Waals surface area contributed by atoms with Gasteiger partial charge in [0.05, 0.1) is 12.6 Å². The minimum atomic E-state index is -0.616. The number of likely N-dealkylation sites (N-methyl/N-ethyl adjacent to an activating group) is 1. The molecule has 50 heavy (non-hydrogen) atoms. The van der Waals surface area contributed by atoms with Gasteiger partial charge in [-0.25, -0.2) is 4.79 Å². The molecule has 0 N–H and O–H groups in total. The highest BCUT2D eigenvalue weighted by Gasteiger charge is 2.27. The molecule has 0 heterocycles. The van der Waals surface area contributed by atoms with Gasteiger partial charge < -0.3 is 14.2 Å². The molecular weight excluding hydrogens is 618 g/mol. The second-order valence-corrected chi connectivity index (χ2v) is 13.3. The Morgan fingerprint density at radius 1 is 0.720 bits per heavy atom. The van der Waals surface area contributed by atoms with Crippen molar-refractivity contribution in [2.75, 3.05) is 33.9 Å². The van der Waals surface area contributed by atoms with Crippen LogP contribution in [0.5, 0.6) is 5.75 Å². The summed E-state index contributed by atoms with van der Waals surface area (Å²) in [5, 5.41) is 0. The van der Waals surface area contributed by atoms with Gasteiger partial charge in [-0.05, 0) is 108 Å². The average molecular weight is 668 g/mol. The minimum absolute atomic E-state index is 0.135. The van der Waals surface area contributed by atoms with Crippen LogP contribution in [0, 0.1) is 0 Å². The van der Waals surface area contributed by atoms with Gasteiger partial charge in [0.15, 0.2) is 6.10 Å². The fourth-order valence-corrected chi connectivity index (χ4v) is 7.10. The molecule has 5 heteroatoms. The zero-order valence-electron chi connectivity index (χ0n) is 29.6. The average Bonchev–Trinajstić information content (AvgIpc) is 3.31. The summed E-state index contributed by atoms with van der Waals surface area (Å²) in [7, 11) is 3.76. The monoisotopic (exact) mass is 667 g/mol. The molecule has 5 aromatic rings. The van der Waals surface area contributed by atoms with Gasteiger partial charge in [-0.2, -0.15) is 0 Å². The number of carbonyl (C=O) groups excluding carboxylic acids is 1. The van der Waals surface area contributed by atoms with Crippen LogP contribution in [-0.2, 0) is 52.8 Å². The van der Waals surface area contributed by atoms with Gasteiger partial charge in [0, 0.05) is 20.1 Å². The van der Waals surface area contributed by atoms with E-state index in [0.29, 0.717) is 19.6 Å². The molecule has 2 unspecified atom stereocenters. The van der Waals surface area contributed by atoms with E-state index in [1.54, 1.807) is 6.92 Å². The van der Waals surface area contributed by atoms with Gasteiger partial charge in [-0.15, -0.1) is 0 Å². The molecule has 2 atom stereocenters. The van der Waals surface area contributed by atoms with Crippen molar-refractivity contribution in [3.63, 3.8) is 0 Å². The Morgan fingerprint density at radius 3 is 1.94 bits per heavy atom. The summed E-state index contributed by atoms with van der Waals surface area (Å²) in [6, 6.07) is 43.9. The number of benzene rings is 5. The summed E-state index contributed by atoms with van der Waals surface area (Å²) in [6.07, 6.45) is 4.92. The van der Waals surface area contributed by atoms with Crippen molar-refractivity contribution in [2.45, 2.75) is 57.6 Å². The molecule has 0 bridgehead atoms. The maximum Gasteiger partial charge on any atom is 0.335 e. The van der Waals surface area contributed by atoms with Crippen molar-refractivity contribution in [3.05, 3.63) is 171 Å². The third kappa shape index (κ3) is 9.09. The van der Waals surface area contributed by atoms with Crippen LogP contribution < -0.4 is 4.74 Å². The standard InChI is InChI=1S/C45H49NO4/c1-4-49-45(47)43(48-3)32-36-17-23-40(24-18-36)50-28-27-46(2)44-41-25-19-35(16-15-33-11-7-5-8-12-33)30-38(41)21-22-39-31-37(20-26-42(39)44)29-34-13-9-6-10-14-34/h5-14,17-20,23-26,30-31,43-44H,4,15-16,21-22,27-29,32H2,1-3H3. The highest BCUT2D eigenvalue weighted by molar-refractivity contribution is 5.75. The maximum absolute atomic E-state index is 12.2. The van der Waals surface area contributed by atoms with E-state index in [-0.39, 0.29) is 12.0 Å². The smallest absolute Gasteiger partial charge is 0.335 e. The lowest BCUT2D eigenvalue weighted by atomic mass is 9.90. The highest BCUT2D eigenvalue weighted by Crippen LogP contribution is 2.37. The molecule has 0 aliphatic heterocycles. The third-order valence-electron chi connectivity index (χ3n) is 9.80. The molecule has 0 amide bonds. The van der Waals surface area contributed by atoms with E-state index < -0.39 is 6.10 Å². The topological polar surface area (TPSA) is 48.0 Å². The lowest BCUT2D eigenvalue weighted by Gasteiger charge is -2.31. The van der Waals surface area contributed by atoms with Crippen molar-refractivity contribution in [2.24, 2.45) is 0 Å². The predicted octanol–water partition coefficient (Wildman–Crippen LogP) is 8.38. The molecule has 1 aliphatic rings. The largest absolute Gasteiger partial charge is 0.492 e. The molecule has 1 aliphatic carbocycles. The van der Waals surface area contributed by atoms with Gasteiger partial charge in [0.25, 0.3) is 0 Å². The maximum atomic E-state index is 12.2. The molecule has 5 nitrogen and oxygen atoms in total. The number of hydrogen-bond acceptors (Lipinski definition) is 5. The van der Waals surface area contributed by atoms with E-state index in [2.05, 4.69) is 109 Å². The van der Waals surface area contributed by atoms with E-state index in [1.807, 2.05) is 24.3 Å². The van der Waals surface area contributed by atoms with Crippen molar-refractivity contribution in [1.82, 2.24) is 4.90 Å². The lowest BCUT2D eigenvalue weighted by molar-refractivity contribution is -0.154. The first-order valence-corrected chi connectivity index (χ1v) is 17.9. The summed E-state index contributed by atoms with van der Waals surface area (Å²) >= 11 is 0. The summed E-state index contributed by atoms with van der Waals surface area (Å²) in [5.41, 5.74) is 12.1. The second-order valence-electron chi connectivity index (χ2n) is 13.3. The van der Waals surface area contributed by atoms with Gasteiger partial charge in [-0.1, -0.05) is 109 Å². The van der Waals surface area contributed by atoms with Crippen LogP contribution in [0.15, 0.2) is 121 Å². The van der Waals surface area contributed by atoms with Gasteiger partial charge in [0.2, 0.25) is 0 Å². The van der Waals surface area contributed by atoms with Crippen LogP contribution in [0.3, 0.4) is 0 Å². The Balaban J connectivity index is 1.18. The van der Waals surface area contributed by atoms with Gasteiger partial charge in [0.1, 0.15) is 12.4 Å². The zero-order valence-corrected chi connectivity index (χ0v) is 29.6. The number of rotatable bonds is 15. The van der Waals surface area contributed by atoms with Crippen molar-refractivity contribution in [3.8, 4) is 5.75 Å². The van der Waals surface area contributed by atoms with Crippen molar-refractivity contribution >= 4 is 5.97 Å². The number of esters is 1. The van der Waals surface area contributed by atoms with E-state index >= 15 is 0 Å². The molecule has 5 aromatic carbocycles. The molecule has 0 aromatic heterocycles. The van der Waals surface area contributed by atoms with E-state index in [4.69, 9.17) is 14.2 Å². The zero-order chi connectivity index (χ0) is 34.7. The number of fused-ring (bicyclic) bond motifs is 2. The molecule has 258 valence electrons. The normalized spacial score (nSPS) is 14.4. The fraction of sp³-hybridized carbons (Fsp3) is 0.311. The first-order valence-electron chi connectivity index (χ1n) is 17.9. The number of aryl methyl sites for hydroxylation is 4. The van der Waals surface area contributed by atoms with Gasteiger partial charge in [-0.3, -0.25) is 4.90 Å². The number of ether oxygens (including phenoxy) is 3. The molecule has 0 fully saturated rings. The molecule has 6 rings (SSSR count). The van der Waals surface area contributed by atoms with E-state index in [1.165, 1.54) is 51.6 Å². The Labute approximate surface area is 297 Å². The Kier molecular flexibility index (Phi) is 12.1. The first-order chi connectivity index (χ1) is 24.5. The number of carbonyl (C=O) groups is 1. The molecule has 0 saturated carbocycles. The fourth-order valence-electron chi connectivity index (χ4n) is 7.10. The quantitative estimate of drug-likeness (QED) is 0.105. The first kappa shape index (κ1) is 35.1. The summed E-state index contributed by atoms with van der Waals surface area (Å²) in [4.78, 5) is 14.6. The molecule has 0 spiro atoms. The summed E-state index contributed by atoms with van der Waals surface area (Å²) in [5.74, 6) is 0.471. The van der Waals surface area contributed by atoms with Gasteiger partial charge >= 0.3 is 5.97 Å². The molecule has 0 radical (unpaired) electrons. The van der Waals surface area contributed by atoms with E-state index in [0.717, 1.165) is 50.0 Å². The second kappa shape index (κ2) is 17.3. The highest BCUT2D eigenvalue weighted by atomic mass is 16.6.